The van der Waals surface area contributed by atoms with Crippen molar-refractivity contribution in [3.05, 3.63) is 11.6 Å². The van der Waals surface area contributed by atoms with Crippen LogP contribution in [0.25, 0.3) is 0 Å². The lowest BCUT2D eigenvalue weighted by molar-refractivity contribution is -0.132. The lowest BCUT2D eigenvalue weighted by atomic mass is 9.83. The van der Waals surface area contributed by atoms with Crippen LogP contribution in [0.15, 0.2) is 11.6 Å². The SMILES string of the molecule is CC(C)(C)C1=CCN(C(=O)C2CCCN2)CC1. The normalized spacial score (nSPS) is 25.9. The highest BCUT2D eigenvalue weighted by atomic mass is 16.2. The van der Waals surface area contributed by atoms with Crippen molar-refractivity contribution < 1.29 is 4.79 Å². The Balaban J connectivity index is 1.94. The molecule has 2 aliphatic heterocycles. The van der Waals surface area contributed by atoms with E-state index in [-0.39, 0.29) is 11.5 Å². The lowest BCUT2D eigenvalue weighted by Gasteiger charge is -2.33. The maximum atomic E-state index is 12.2. The highest BCUT2D eigenvalue weighted by Crippen LogP contribution is 2.30. The second-order valence-electron chi connectivity index (χ2n) is 6.16. The number of carbonyl (C=O) groups is 1. The molecule has 17 heavy (non-hydrogen) atoms. The fourth-order valence-corrected chi connectivity index (χ4v) is 2.67. The number of hydrogen-bond acceptors (Lipinski definition) is 2. The minimum Gasteiger partial charge on any atom is -0.337 e. The van der Waals surface area contributed by atoms with Crippen LogP contribution in [0.3, 0.4) is 0 Å². The van der Waals surface area contributed by atoms with Crippen LogP contribution in [-0.2, 0) is 4.79 Å². The molecule has 0 aromatic rings. The third kappa shape index (κ3) is 2.89. The summed E-state index contributed by atoms with van der Waals surface area (Å²) < 4.78 is 0. The Hall–Kier alpha value is -0.830. The van der Waals surface area contributed by atoms with Gasteiger partial charge in [0.2, 0.25) is 5.91 Å². The van der Waals surface area contributed by atoms with E-state index in [1.165, 1.54) is 5.57 Å². The van der Waals surface area contributed by atoms with Crippen LogP contribution in [-0.4, -0.2) is 36.5 Å². The van der Waals surface area contributed by atoms with E-state index in [2.05, 4.69) is 32.2 Å². The molecule has 2 rings (SSSR count). The lowest BCUT2D eigenvalue weighted by Crippen LogP contribution is -2.45. The van der Waals surface area contributed by atoms with E-state index in [9.17, 15) is 4.79 Å². The standard InChI is InChI=1S/C14H24N2O/c1-14(2,3)11-6-9-16(10-7-11)13(17)12-5-4-8-15-12/h6,12,15H,4-5,7-10H2,1-3H3. The Kier molecular flexibility index (Phi) is 3.57. The summed E-state index contributed by atoms with van der Waals surface area (Å²) in [7, 11) is 0. The third-order valence-corrected chi connectivity index (χ3v) is 3.84. The molecule has 96 valence electrons. The van der Waals surface area contributed by atoms with Gasteiger partial charge in [-0.25, -0.2) is 0 Å². The molecule has 2 aliphatic rings. The third-order valence-electron chi connectivity index (χ3n) is 3.84. The van der Waals surface area contributed by atoms with E-state index in [0.717, 1.165) is 38.9 Å². The molecule has 1 N–H and O–H groups in total. The van der Waals surface area contributed by atoms with E-state index >= 15 is 0 Å². The summed E-state index contributed by atoms with van der Waals surface area (Å²) in [6.07, 6.45) is 5.41. The van der Waals surface area contributed by atoms with Crippen molar-refractivity contribution in [2.75, 3.05) is 19.6 Å². The molecule has 1 atom stereocenters. The zero-order valence-electron chi connectivity index (χ0n) is 11.3. The second kappa shape index (κ2) is 4.81. The van der Waals surface area contributed by atoms with Crippen molar-refractivity contribution in [3.8, 4) is 0 Å². The largest absolute Gasteiger partial charge is 0.337 e. The number of nitrogens with one attached hydrogen (secondary N) is 1. The Morgan fingerprint density at radius 3 is 2.71 bits per heavy atom. The van der Waals surface area contributed by atoms with Crippen molar-refractivity contribution in [2.24, 2.45) is 5.41 Å². The summed E-state index contributed by atoms with van der Waals surface area (Å²) in [6.45, 7) is 9.41. The predicted molar refractivity (Wildman–Crippen MR) is 69.8 cm³/mol. The summed E-state index contributed by atoms with van der Waals surface area (Å²) in [5.41, 5.74) is 1.74. The first-order valence-electron chi connectivity index (χ1n) is 6.70. The molecule has 0 aromatic heterocycles. The van der Waals surface area contributed by atoms with E-state index in [4.69, 9.17) is 0 Å². The molecule has 2 heterocycles. The molecule has 1 unspecified atom stereocenters. The van der Waals surface area contributed by atoms with Gasteiger partial charge in [0.25, 0.3) is 0 Å². The molecular weight excluding hydrogens is 212 g/mol. The van der Waals surface area contributed by atoms with E-state index in [1.807, 2.05) is 4.90 Å². The number of rotatable bonds is 1. The Labute approximate surface area is 104 Å². The molecule has 0 aliphatic carbocycles. The quantitative estimate of drug-likeness (QED) is 0.706. The van der Waals surface area contributed by atoms with Gasteiger partial charge in [0.05, 0.1) is 6.04 Å². The smallest absolute Gasteiger partial charge is 0.239 e. The van der Waals surface area contributed by atoms with Gasteiger partial charge in [0, 0.05) is 13.1 Å². The van der Waals surface area contributed by atoms with Crippen LogP contribution in [0.5, 0.6) is 0 Å². The number of nitrogens with zero attached hydrogens (tertiary/aromatic N) is 1. The summed E-state index contributed by atoms with van der Waals surface area (Å²) in [5, 5.41) is 3.28. The fourth-order valence-electron chi connectivity index (χ4n) is 2.67. The molecule has 3 nitrogen and oxygen atoms in total. The van der Waals surface area contributed by atoms with Gasteiger partial charge < -0.3 is 10.2 Å². The first kappa shape index (κ1) is 12.6. The van der Waals surface area contributed by atoms with Gasteiger partial charge in [-0.3, -0.25) is 4.79 Å². The molecule has 0 bridgehead atoms. The number of amides is 1. The summed E-state index contributed by atoms with van der Waals surface area (Å²) in [4.78, 5) is 14.2. The van der Waals surface area contributed by atoms with Crippen molar-refractivity contribution in [2.45, 2.75) is 46.1 Å². The van der Waals surface area contributed by atoms with Crippen LogP contribution >= 0.6 is 0 Å². The van der Waals surface area contributed by atoms with E-state index in [1.54, 1.807) is 0 Å². The molecule has 3 heteroatoms. The Morgan fingerprint density at radius 1 is 1.47 bits per heavy atom. The van der Waals surface area contributed by atoms with Crippen LogP contribution in [0.4, 0.5) is 0 Å². The van der Waals surface area contributed by atoms with Crippen LogP contribution in [0.2, 0.25) is 0 Å². The molecule has 1 fully saturated rings. The molecular formula is C14H24N2O. The van der Waals surface area contributed by atoms with Crippen molar-refractivity contribution in [1.29, 1.82) is 0 Å². The monoisotopic (exact) mass is 236 g/mol. The van der Waals surface area contributed by atoms with Crippen LogP contribution in [0.1, 0.15) is 40.0 Å². The number of hydrogen-bond donors (Lipinski definition) is 1. The average Bonchev–Trinajstić information content (AvgIpc) is 2.80. The van der Waals surface area contributed by atoms with Gasteiger partial charge >= 0.3 is 0 Å². The van der Waals surface area contributed by atoms with Crippen molar-refractivity contribution in [1.82, 2.24) is 10.2 Å². The first-order valence-corrected chi connectivity index (χ1v) is 6.70. The summed E-state index contributed by atoms with van der Waals surface area (Å²) in [5.74, 6) is 0.298. The maximum absolute atomic E-state index is 12.2. The molecule has 1 amide bonds. The minimum atomic E-state index is 0.0830. The summed E-state index contributed by atoms with van der Waals surface area (Å²) >= 11 is 0. The van der Waals surface area contributed by atoms with Crippen molar-refractivity contribution >= 4 is 5.91 Å². The van der Waals surface area contributed by atoms with Crippen LogP contribution in [0, 0.1) is 5.41 Å². The Morgan fingerprint density at radius 2 is 2.24 bits per heavy atom. The molecule has 0 radical (unpaired) electrons. The summed E-state index contributed by atoms with van der Waals surface area (Å²) in [6, 6.07) is 0.0830. The van der Waals surface area contributed by atoms with Gasteiger partial charge in [-0.2, -0.15) is 0 Å². The zero-order chi connectivity index (χ0) is 12.5. The topological polar surface area (TPSA) is 32.3 Å². The maximum Gasteiger partial charge on any atom is 0.239 e. The second-order valence-corrected chi connectivity index (χ2v) is 6.16. The minimum absolute atomic E-state index is 0.0830. The van der Waals surface area contributed by atoms with E-state index < -0.39 is 0 Å². The predicted octanol–water partition coefficient (Wildman–Crippen LogP) is 1.94. The molecule has 0 aromatic carbocycles. The van der Waals surface area contributed by atoms with Gasteiger partial charge in [0.1, 0.15) is 0 Å². The van der Waals surface area contributed by atoms with Crippen molar-refractivity contribution in [3.63, 3.8) is 0 Å². The van der Waals surface area contributed by atoms with E-state index in [0.29, 0.717) is 5.91 Å². The Bertz CT molecular complexity index is 322. The molecule has 1 saturated heterocycles. The number of carbonyl (C=O) groups excluding carboxylic acids is 1. The highest BCUT2D eigenvalue weighted by molar-refractivity contribution is 5.82. The van der Waals surface area contributed by atoms with Gasteiger partial charge in [-0.05, 0) is 31.2 Å². The van der Waals surface area contributed by atoms with Gasteiger partial charge in [0.15, 0.2) is 0 Å². The van der Waals surface area contributed by atoms with Gasteiger partial charge in [-0.15, -0.1) is 0 Å². The van der Waals surface area contributed by atoms with Crippen LogP contribution < -0.4 is 5.32 Å². The zero-order valence-corrected chi connectivity index (χ0v) is 11.3. The molecule has 0 spiro atoms. The van der Waals surface area contributed by atoms with Gasteiger partial charge in [-0.1, -0.05) is 32.4 Å². The fraction of sp³-hybridized carbons (Fsp3) is 0.786. The average molecular weight is 236 g/mol. The molecule has 0 saturated carbocycles. The first-order chi connectivity index (χ1) is 7.98. The highest BCUT2D eigenvalue weighted by Gasteiger charge is 2.29.